The first-order valence-electron chi connectivity index (χ1n) is 13.2. The van der Waals surface area contributed by atoms with Crippen LogP contribution in [-0.4, -0.2) is 29.6 Å². The van der Waals surface area contributed by atoms with E-state index in [1.54, 1.807) is 0 Å². The van der Waals surface area contributed by atoms with Crippen molar-refractivity contribution in [2.24, 2.45) is 0 Å². The number of furan rings is 1. The molecule has 1 aliphatic heterocycles. The van der Waals surface area contributed by atoms with Crippen LogP contribution in [0.3, 0.4) is 0 Å². The molecule has 0 unspecified atom stereocenters. The maximum atomic E-state index is 5.92. The van der Waals surface area contributed by atoms with Gasteiger partial charge in [-0.15, -0.1) is 0 Å². The molecule has 3 aromatic carbocycles. The average Bonchev–Trinajstić information content (AvgIpc) is 3.33. The summed E-state index contributed by atoms with van der Waals surface area (Å²) in [4.78, 5) is 2.62. The highest BCUT2D eigenvalue weighted by Gasteiger charge is 2.23. The van der Waals surface area contributed by atoms with Gasteiger partial charge >= 0.3 is 0 Å². The molecule has 186 valence electrons. The molecule has 0 bridgehead atoms. The number of piperidine rings is 1. The van der Waals surface area contributed by atoms with Crippen molar-refractivity contribution in [1.29, 1.82) is 0 Å². The lowest BCUT2D eigenvalue weighted by Gasteiger charge is -2.31. The smallest absolute Gasteiger partial charge is 0.175 e. The molecule has 1 fully saturated rings. The van der Waals surface area contributed by atoms with Gasteiger partial charge in [0, 0.05) is 22.3 Å². The Balaban J connectivity index is 1.20. The van der Waals surface area contributed by atoms with Crippen molar-refractivity contribution in [2.75, 3.05) is 30.3 Å². The van der Waals surface area contributed by atoms with Crippen LogP contribution < -0.4 is 10.6 Å². The van der Waals surface area contributed by atoms with E-state index in [0.29, 0.717) is 11.0 Å². The molecule has 0 spiro atoms. The van der Waals surface area contributed by atoms with Crippen LogP contribution in [0.15, 0.2) is 83.5 Å². The van der Waals surface area contributed by atoms with E-state index in [-0.39, 0.29) is 0 Å². The van der Waals surface area contributed by atoms with Crippen LogP contribution in [0.5, 0.6) is 0 Å². The molecule has 4 aromatic rings. The second-order valence-corrected chi connectivity index (χ2v) is 10.2. The van der Waals surface area contributed by atoms with Crippen molar-refractivity contribution < 1.29 is 4.42 Å². The third kappa shape index (κ3) is 5.97. The Bertz CT molecular complexity index is 1270. The van der Waals surface area contributed by atoms with Crippen molar-refractivity contribution in [3.8, 4) is 11.1 Å². The Hall–Kier alpha value is -3.15. The van der Waals surface area contributed by atoms with Crippen molar-refractivity contribution in [3.63, 3.8) is 0 Å². The zero-order chi connectivity index (χ0) is 24.7. The molecule has 1 saturated heterocycles. The lowest BCUT2D eigenvalue weighted by atomic mass is 9.89. The van der Waals surface area contributed by atoms with Gasteiger partial charge < -0.3 is 20.0 Å². The van der Waals surface area contributed by atoms with E-state index in [9.17, 15) is 0 Å². The highest BCUT2D eigenvalue weighted by atomic mass is 32.1. The Morgan fingerprint density at radius 1 is 0.889 bits per heavy atom. The van der Waals surface area contributed by atoms with Gasteiger partial charge in [0.25, 0.3) is 0 Å². The molecule has 2 heterocycles. The molecule has 0 radical (unpaired) electrons. The third-order valence-electron chi connectivity index (χ3n) is 7.22. The minimum absolute atomic E-state index is 0.553. The molecule has 0 amide bonds. The number of unbranched alkanes of at least 4 members (excludes halogenated alkanes) is 2. The predicted octanol–water partition coefficient (Wildman–Crippen LogP) is 8.28. The van der Waals surface area contributed by atoms with E-state index in [0.717, 1.165) is 17.0 Å². The summed E-state index contributed by atoms with van der Waals surface area (Å²) in [7, 11) is 0. The minimum atomic E-state index is 0.553. The van der Waals surface area contributed by atoms with Gasteiger partial charge in [-0.1, -0.05) is 62.2 Å². The van der Waals surface area contributed by atoms with Gasteiger partial charge in [0.05, 0.1) is 6.26 Å². The summed E-state index contributed by atoms with van der Waals surface area (Å²) in [6.07, 6.45) is 8.28. The Labute approximate surface area is 219 Å². The second kappa shape index (κ2) is 11.7. The lowest BCUT2D eigenvalue weighted by Crippen LogP contribution is -2.33. The maximum absolute atomic E-state index is 5.92. The number of nitrogens with one attached hydrogen (secondary N) is 2. The minimum Gasteiger partial charge on any atom is -0.464 e. The van der Waals surface area contributed by atoms with E-state index < -0.39 is 0 Å². The van der Waals surface area contributed by atoms with E-state index in [1.165, 1.54) is 73.8 Å². The van der Waals surface area contributed by atoms with Crippen molar-refractivity contribution in [2.45, 2.75) is 44.9 Å². The standard InChI is InChI=1S/C31H35N3OS/c1-2-3-7-18-34-19-16-25(17-20-34)29-22-35-30-15-14-27(21-28(29)30)33-31(36)32-26-12-10-24(11-13-26)23-8-5-4-6-9-23/h4-6,8-15,21-22,25H,2-3,7,16-20H2,1H3,(H2,32,33,36). The van der Waals surface area contributed by atoms with Crippen LogP contribution in [0.4, 0.5) is 11.4 Å². The summed E-state index contributed by atoms with van der Waals surface area (Å²) in [5.41, 5.74) is 6.60. The fourth-order valence-corrected chi connectivity index (χ4v) is 5.40. The maximum Gasteiger partial charge on any atom is 0.175 e. The van der Waals surface area contributed by atoms with Gasteiger partial charge in [-0.25, -0.2) is 0 Å². The highest BCUT2D eigenvalue weighted by Crippen LogP contribution is 2.35. The summed E-state index contributed by atoms with van der Waals surface area (Å²) >= 11 is 5.61. The number of likely N-dealkylation sites (tertiary alicyclic amines) is 1. The molecule has 5 heteroatoms. The largest absolute Gasteiger partial charge is 0.464 e. The van der Waals surface area contributed by atoms with Crippen LogP contribution in [0, 0.1) is 0 Å². The number of benzene rings is 3. The summed E-state index contributed by atoms with van der Waals surface area (Å²) in [5, 5.41) is 8.43. The van der Waals surface area contributed by atoms with Crippen molar-refractivity contribution >= 4 is 39.7 Å². The molecule has 1 aromatic heterocycles. The zero-order valence-corrected chi connectivity index (χ0v) is 21.8. The normalized spacial score (nSPS) is 14.7. The summed E-state index contributed by atoms with van der Waals surface area (Å²) in [5.74, 6) is 0.553. The van der Waals surface area contributed by atoms with Crippen LogP contribution in [0.1, 0.15) is 50.5 Å². The first-order chi connectivity index (χ1) is 17.7. The number of hydrogen-bond acceptors (Lipinski definition) is 3. The quantitative estimate of drug-likeness (QED) is 0.189. The molecular weight excluding hydrogens is 462 g/mol. The molecular formula is C31H35N3OS. The average molecular weight is 498 g/mol. The van der Waals surface area contributed by atoms with E-state index in [4.69, 9.17) is 16.6 Å². The Kier molecular flexibility index (Phi) is 7.99. The van der Waals surface area contributed by atoms with E-state index in [2.05, 4.69) is 77.1 Å². The fraction of sp³-hybridized carbons (Fsp3) is 0.323. The monoisotopic (exact) mass is 497 g/mol. The predicted molar refractivity (Wildman–Crippen MR) is 156 cm³/mol. The van der Waals surface area contributed by atoms with Crippen LogP contribution in [0.25, 0.3) is 22.1 Å². The lowest BCUT2D eigenvalue weighted by molar-refractivity contribution is 0.208. The molecule has 0 saturated carbocycles. The molecule has 2 N–H and O–H groups in total. The SMILES string of the molecule is CCCCCN1CCC(c2coc3ccc(NC(=S)Nc4ccc(-c5ccccc5)cc4)cc23)CC1. The highest BCUT2D eigenvalue weighted by molar-refractivity contribution is 7.80. The van der Waals surface area contributed by atoms with Gasteiger partial charge in [-0.2, -0.15) is 0 Å². The first kappa shape index (κ1) is 24.5. The second-order valence-electron chi connectivity index (χ2n) is 9.75. The van der Waals surface area contributed by atoms with Crippen molar-refractivity contribution in [3.05, 3.63) is 84.6 Å². The molecule has 36 heavy (non-hydrogen) atoms. The molecule has 0 aliphatic carbocycles. The van der Waals surface area contributed by atoms with Gasteiger partial charge in [-0.05, 0) is 98.5 Å². The van der Waals surface area contributed by atoms with Gasteiger partial charge in [0.15, 0.2) is 5.11 Å². The van der Waals surface area contributed by atoms with Crippen LogP contribution in [0.2, 0.25) is 0 Å². The van der Waals surface area contributed by atoms with Crippen LogP contribution >= 0.6 is 12.2 Å². The number of thiocarbonyl (C=S) groups is 1. The number of fused-ring (bicyclic) bond motifs is 1. The van der Waals surface area contributed by atoms with Gasteiger partial charge in [0.2, 0.25) is 0 Å². The summed E-state index contributed by atoms with van der Waals surface area (Å²) in [6, 6.07) is 25.0. The van der Waals surface area contributed by atoms with E-state index in [1.807, 2.05) is 24.5 Å². The summed E-state index contributed by atoms with van der Waals surface area (Å²) in [6.45, 7) is 5.86. The van der Waals surface area contributed by atoms with E-state index >= 15 is 0 Å². The van der Waals surface area contributed by atoms with Gasteiger partial charge in [-0.3, -0.25) is 0 Å². The third-order valence-corrected chi connectivity index (χ3v) is 7.42. The number of rotatable bonds is 8. The topological polar surface area (TPSA) is 40.4 Å². The Morgan fingerprint density at radius 3 is 2.33 bits per heavy atom. The number of hydrogen-bond donors (Lipinski definition) is 2. The van der Waals surface area contributed by atoms with Gasteiger partial charge in [0.1, 0.15) is 5.58 Å². The number of nitrogens with zero attached hydrogens (tertiary/aromatic N) is 1. The summed E-state index contributed by atoms with van der Waals surface area (Å²) < 4.78 is 5.92. The first-order valence-corrected chi connectivity index (χ1v) is 13.6. The van der Waals surface area contributed by atoms with Crippen LogP contribution in [-0.2, 0) is 0 Å². The fourth-order valence-electron chi connectivity index (χ4n) is 5.17. The molecule has 0 atom stereocenters. The molecule has 5 rings (SSSR count). The van der Waals surface area contributed by atoms with Crippen molar-refractivity contribution in [1.82, 2.24) is 4.90 Å². The Morgan fingerprint density at radius 2 is 1.58 bits per heavy atom. The number of anilines is 2. The molecule has 4 nitrogen and oxygen atoms in total. The molecule has 1 aliphatic rings. The zero-order valence-electron chi connectivity index (χ0n) is 21.0.